The van der Waals surface area contributed by atoms with Crippen molar-refractivity contribution in [2.24, 2.45) is 5.92 Å². The first-order valence-corrected chi connectivity index (χ1v) is 9.34. The van der Waals surface area contributed by atoms with Crippen molar-refractivity contribution in [1.29, 1.82) is 0 Å². The summed E-state index contributed by atoms with van der Waals surface area (Å²) in [4.78, 5) is 27.9. The number of carbonyl (C=O) groups is 2. The van der Waals surface area contributed by atoms with E-state index in [9.17, 15) is 18.0 Å². The van der Waals surface area contributed by atoms with Crippen LogP contribution >= 0.6 is 0 Å². The number of carbonyl (C=O) groups excluding carboxylic acids is 1. The van der Waals surface area contributed by atoms with Crippen molar-refractivity contribution in [1.82, 2.24) is 9.88 Å². The van der Waals surface area contributed by atoms with E-state index >= 15 is 0 Å². The summed E-state index contributed by atoms with van der Waals surface area (Å²) < 4.78 is 42.7. The lowest BCUT2D eigenvalue weighted by molar-refractivity contribution is -0.192. The average Bonchev–Trinajstić information content (AvgIpc) is 3.11. The summed E-state index contributed by atoms with van der Waals surface area (Å²) in [6, 6.07) is 4.16. The maximum Gasteiger partial charge on any atom is 0.490 e. The normalized spacial score (nSPS) is 22.7. The van der Waals surface area contributed by atoms with Crippen molar-refractivity contribution in [3.8, 4) is 0 Å². The number of methoxy groups -OCH3 is 1. The van der Waals surface area contributed by atoms with Gasteiger partial charge >= 0.3 is 12.1 Å². The van der Waals surface area contributed by atoms with E-state index in [1.54, 1.807) is 19.5 Å². The molecule has 2 aliphatic heterocycles. The molecule has 1 aromatic heterocycles. The maximum atomic E-state index is 12.9. The Balaban J connectivity index is 0.000000370. The number of hydrogen-bond acceptors (Lipinski definition) is 5. The Morgan fingerprint density at radius 2 is 1.83 bits per heavy atom. The van der Waals surface area contributed by atoms with Crippen LogP contribution in [0.4, 0.5) is 13.2 Å². The minimum atomic E-state index is -5.08. The summed E-state index contributed by atoms with van der Waals surface area (Å²) in [5.41, 5.74) is 1.20. The number of pyridine rings is 1. The predicted octanol–water partition coefficient (Wildman–Crippen LogP) is 2.30. The van der Waals surface area contributed by atoms with Crippen LogP contribution in [0.5, 0.6) is 0 Å². The second-order valence-corrected chi connectivity index (χ2v) is 6.91. The molecule has 29 heavy (non-hydrogen) atoms. The number of rotatable bonds is 4. The lowest BCUT2D eigenvalue weighted by Crippen LogP contribution is -2.45. The molecule has 2 saturated heterocycles. The number of aromatic nitrogens is 1. The number of carboxylic acid groups (broad SMARTS) is 1. The number of nitrogens with zero attached hydrogens (tertiary/aromatic N) is 2. The number of hydrogen-bond donors (Lipinski definition) is 1. The molecule has 2 atom stereocenters. The summed E-state index contributed by atoms with van der Waals surface area (Å²) >= 11 is 0. The smallest absolute Gasteiger partial charge is 0.475 e. The molecule has 0 unspecified atom stereocenters. The van der Waals surface area contributed by atoms with Gasteiger partial charge in [-0.3, -0.25) is 9.78 Å². The Kier molecular flexibility index (Phi) is 8.39. The van der Waals surface area contributed by atoms with Gasteiger partial charge < -0.3 is 19.5 Å². The molecule has 0 saturated carbocycles. The van der Waals surface area contributed by atoms with E-state index < -0.39 is 12.1 Å². The lowest BCUT2D eigenvalue weighted by Gasteiger charge is -2.32. The summed E-state index contributed by atoms with van der Waals surface area (Å²) in [7, 11) is 1.74. The summed E-state index contributed by atoms with van der Waals surface area (Å²) in [6.07, 6.45) is 2.08. The second kappa shape index (κ2) is 10.5. The number of carboxylic acids is 1. The van der Waals surface area contributed by atoms with E-state index in [0.717, 1.165) is 32.2 Å². The van der Waals surface area contributed by atoms with Crippen molar-refractivity contribution in [2.75, 3.05) is 26.9 Å². The summed E-state index contributed by atoms with van der Waals surface area (Å²) in [6.45, 7) is 2.20. The van der Waals surface area contributed by atoms with Crippen molar-refractivity contribution in [2.45, 2.75) is 44.0 Å². The van der Waals surface area contributed by atoms with Gasteiger partial charge in [-0.15, -0.1) is 0 Å². The molecule has 0 aromatic carbocycles. The second-order valence-electron chi connectivity index (χ2n) is 6.91. The van der Waals surface area contributed by atoms with Gasteiger partial charge in [0.25, 0.3) is 0 Å². The van der Waals surface area contributed by atoms with Crippen molar-refractivity contribution in [3.05, 3.63) is 30.1 Å². The molecular weight excluding hydrogens is 393 g/mol. The van der Waals surface area contributed by atoms with Gasteiger partial charge in [0.1, 0.15) is 0 Å². The zero-order valence-corrected chi connectivity index (χ0v) is 16.1. The van der Waals surface area contributed by atoms with Crippen LogP contribution in [-0.2, 0) is 25.5 Å². The van der Waals surface area contributed by atoms with Crippen molar-refractivity contribution >= 4 is 11.9 Å². The number of amides is 1. The fourth-order valence-corrected chi connectivity index (χ4v) is 3.55. The Bertz CT molecular complexity index is 666. The molecule has 10 heteroatoms. The van der Waals surface area contributed by atoms with Gasteiger partial charge in [0, 0.05) is 45.2 Å². The maximum absolute atomic E-state index is 12.9. The quantitative estimate of drug-likeness (QED) is 0.807. The highest BCUT2D eigenvalue weighted by Gasteiger charge is 2.40. The lowest BCUT2D eigenvalue weighted by atomic mass is 9.97. The molecule has 0 aliphatic carbocycles. The molecule has 3 heterocycles. The van der Waals surface area contributed by atoms with Crippen molar-refractivity contribution in [3.63, 3.8) is 0 Å². The van der Waals surface area contributed by atoms with E-state index in [0.29, 0.717) is 13.2 Å². The molecule has 1 aromatic rings. The van der Waals surface area contributed by atoms with Crippen LogP contribution in [0, 0.1) is 5.92 Å². The van der Waals surface area contributed by atoms with Crippen LogP contribution in [0.2, 0.25) is 0 Å². The van der Waals surface area contributed by atoms with E-state index in [1.807, 2.05) is 17.0 Å². The third-order valence-corrected chi connectivity index (χ3v) is 5.08. The van der Waals surface area contributed by atoms with E-state index in [1.165, 1.54) is 5.56 Å². The number of halogens is 3. The van der Waals surface area contributed by atoms with E-state index in [2.05, 4.69) is 4.98 Å². The first-order chi connectivity index (χ1) is 13.7. The fourth-order valence-electron chi connectivity index (χ4n) is 3.55. The molecule has 0 radical (unpaired) electrons. The zero-order valence-electron chi connectivity index (χ0n) is 16.1. The number of alkyl halides is 3. The van der Waals surface area contributed by atoms with E-state index in [4.69, 9.17) is 19.4 Å². The Morgan fingerprint density at radius 3 is 2.34 bits per heavy atom. The number of likely N-dealkylation sites (tertiary alicyclic amines) is 1. The highest BCUT2D eigenvalue weighted by molar-refractivity contribution is 5.79. The Hall–Kier alpha value is -2.20. The minimum Gasteiger partial charge on any atom is -0.475 e. The molecule has 3 rings (SSSR count). The van der Waals surface area contributed by atoms with Gasteiger partial charge in [-0.1, -0.05) is 0 Å². The molecule has 2 aliphatic rings. The topological polar surface area (TPSA) is 89.0 Å². The van der Waals surface area contributed by atoms with Crippen molar-refractivity contribution < 1.29 is 37.3 Å². The van der Waals surface area contributed by atoms with Crippen LogP contribution in [-0.4, -0.2) is 72.1 Å². The van der Waals surface area contributed by atoms with Gasteiger partial charge in [-0.2, -0.15) is 13.2 Å². The SMILES string of the molecule is CO[C@@H]1CCN(C(=O)C2CCOCC2)[C@H]1Cc1ccncc1.O=C(O)C(F)(F)F. The standard InChI is InChI=1S/C17H24N2O3.C2HF3O2/c1-21-16-4-9-19(17(20)14-5-10-22-11-6-14)15(16)12-13-2-7-18-8-3-13;3-2(4,5)1(6)7/h2-3,7-8,14-16H,4-6,9-12H2,1H3;(H,6,7)/t15-,16+;/m0./s1. The zero-order chi connectivity index (χ0) is 21.4. The Morgan fingerprint density at radius 1 is 1.24 bits per heavy atom. The van der Waals surface area contributed by atoms with Gasteiger partial charge in [0.15, 0.2) is 0 Å². The first kappa shape index (κ1) is 23.1. The van der Waals surface area contributed by atoms with Crippen LogP contribution in [0.1, 0.15) is 24.8 Å². The van der Waals surface area contributed by atoms with Gasteiger partial charge in [-0.05, 0) is 43.4 Å². The number of aliphatic carboxylic acids is 1. The fraction of sp³-hybridized carbons (Fsp3) is 0.632. The Labute approximate surface area is 166 Å². The molecule has 0 bridgehead atoms. The summed E-state index contributed by atoms with van der Waals surface area (Å²) in [5.74, 6) is -2.36. The largest absolute Gasteiger partial charge is 0.490 e. The van der Waals surface area contributed by atoms with Gasteiger partial charge in [-0.25, -0.2) is 4.79 Å². The molecule has 1 N–H and O–H groups in total. The molecule has 7 nitrogen and oxygen atoms in total. The van der Waals surface area contributed by atoms with Crippen LogP contribution in [0.15, 0.2) is 24.5 Å². The molecule has 1 amide bonds. The molecular formula is C19H25F3N2O5. The highest BCUT2D eigenvalue weighted by atomic mass is 19.4. The monoisotopic (exact) mass is 418 g/mol. The van der Waals surface area contributed by atoms with E-state index in [-0.39, 0.29) is 24.0 Å². The minimum absolute atomic E-state index is 0.115. The van der Waals surface area contributed by atoms with Crippen LogP contribution < -0.4 is 0 Å². The third kappa shape index (κ3) is 6.67. The van der Waals surface area contributed by atoms with Gasteiger partial charge in [0.2, 0.25) is 5.91 Å². The highest BCUT2D eigenvalue weighted by Crippen LogP contribution is 2.28. The third-order valence-electron chi connectivity index (χ3n) is 5.08. The average molecular weight is 418 g/mol. The van der Waals surface area contributed by atoms with Gasteiger partial charge in [0.05, 0.1) is 12.1 Å². The predicted molar refractivity (Wildman–Crippen MR) is 96.1 cm³/mol. The van der Waals surface area contributed by atoms with Crippen LogP contribution in [0.25, 0.3) is 0 Å². The molecule has 0 spiro atoms. The molecule has 2 fully saturated rings. The first-order valence-electron chi connectivity index (χ1n) is 9.34. The number of ether oxygens (including phenoxy) is 2. The summed E-state index contributed by atoms with van der Waals surface area (Å²) in [5, 5.41) is 7.12. The molecule has 162 valence electrons. The van der Waals surface area contributed by atoms with Crippen LogP contribution in [0.3, 0.4) is 0 Å².